The Morgan fingerprint density at radius 1 is 1.67 bits per heavy atom. The van der Waals surface area contributed by atoms with Gasteiger partial charge >= 0.3 is 0 Å². The van der Waals surface area contributed by atoms with Crippen molar-refractivity contribution in [2.75, 3.05) is 6.54 Å². The predicted octanol–water partition coefficient (Wildman–Crippen LogP) is 2.37. The Morgan fingerprint density at radius 3 is 3.20 bits per heavy atom. The second-order valence-electron chi connectivity index (χ2n) is 3.89. The molecule has 0 saturated carbocycles. The van der Waals surface area contributed by atoms with E-state index in [9.17, 15) is 4.39 Å². The van der Waals surface area contributed by atoms with Gasteiger partial charge in [0.2, 0.25) is 0 Å². The second kappa shape index (κ2) is 4.90. The minimum absolute atomic E-state index is 0.00534. The van der Waals surface area contributed by atoms with Crippen LogP contribution in [0.2, 0.25) is 5.02 Å². The predicted molar refractivity (Wildman–Crippen MR) is 58.9 cm³/mol. The number of hydrogen-bond acceptors (Lipinski definition) is 2. The Morgan fingerprint density at radius 2 is 2.53 bits per heavy atom. The van der Waals surface area contributed by atoms with Crippen molar-refractivity contribution in [3.05, 3.63) is 29.0 Å². The van der Waals surface area contributed by atoms with E-state index in [4.69, 9.17) is 11.6 Å². The van der Waals surface area contributed by atoms with Crippen LogP contribution in [0.3, 0.4) is 0 Å². The lowest BCUT2D eigenvalue weighted by atomic mass is 10.0. The van der Waals surface area contributed by atoms with E-state index in [1.54, 1.807) is 18.5 Å². The molecular formula is C11H14ClFN2. The van der Waals surface area contributed by atoms with Gasteiger partial charge in [-0.25, -0.2) is 4.39 Å². The fraction of sp³-hybridized carbons (Fsp3) is 0.545. The van der Waals surface area contributed by atoms with E-state index in [1.807, 2.05) is 0 Å². The molecule has 1 aliphatic rings. The van der Waals surface area contributed by atoms with Crippen LogP contribution in [-0.4, -0.2) is 23.7 Å². The summed E-state index contributed by atoms with van der Waals surface area (Å²) in [6.45, 7) is 0.926. The molecule has 2 rings (SSSR count). The first kappa shape index (κ1) is 10.8. The van der Waals surface area contributed by atoms with E-state index < -0.39 is 6.17 Å². The lowest BCUT2D eigenvalue weighted by Crippen LogP contribution is -2.33. The number of alkyl halides is 1. The van der Waals surface area contributed by atoms with Crippen LogP contribution >= 0.6 is 11.6 Å². The molecule has 0 spiro atoms. The summed E-state index contributed by atoms with van der Waals surface area (Å²) < 4.78 is 13.8. The Bertz CT molecular complexity index is 326. The number of rotatable bonds is 3. The van der Waals surface area contributed by atoms with Gasteiger partial charge in [0, 0.05) is 24.9 Å². The Hall–Kier alpha value is -0.670. The maximum absolute atomic E-state index is 13.8. The molecule has 1 aromatic rings. The highest BCUT2D eigenvalue weighted by atomic mass is 35.5. The van der Waals surface area contributed by atoms with Crippen LogP contribution < -0.4 is 5.32 Å². The molecule has 2 nitrogen and oxygen atoms in total. The quantitative estimate of drug-likeness (QED) is 0.859. The van der Waals surface area contributed by atoms with E-state index in [1.165, 1.54) is 0 Å². The summed E-state index contributed by atoms with van der Waals surface area (Å²) in [5, 5.41) is 3.72. The number of aromatic nitrogens is 1. The molecule has 0 aliphatic carbocycles. The van der Waals surface area contributed by atoms with E-state index in [2.05, 4.69) is 10.3 Å². The molecule has 82 valence electrons. The SMILES string of the molecule is FC(Cc1ccncc1Cl)C1CCCN1. The van der Waals surface area contributed by atoms with Crippen molar-refractivity contribution in [1.82, 2.24) is 10.3 Å². The standard InChI is InChI=1S/C11H14ClFN2/c12-9-7-14-5-3-8(9)6-10(13)11-2-1-4-15-11/h3,5,7,10-11,15H,1-2,4,6H2. The summed E-state index contributed by atoms with van der Waals surface area (Å²) in [5.41, 5.74) is 0.841. The van der Waals surface area contributed by atoms with Gasteiger partial charge in [0.05, 0.1) is 5.02 Å². The van der Waals surface area contributed by atoms with Gasteiger partial charge in [-0.05, 0) is 31.0 Å². The van der Waals surface area contributed by atoms with Crippen LogP contribution in [0.1, 0.15) is 18.4 Å². The topological polar surface area (TPSA) is 24.9 Å². The summed E-state index contributed by atoms with van der Waals surface area (Å²) in [6, 6.07) is 1.78. The Kier molecular flexibility index (Phi) is 3.54. The van der Waals surface area contributed by atoms with Crippen LogP contribution in [0.4, 0.5) is 4.39 Å². The minimum Gasteiger partial charge on any atom is -0.311 e. The molecule has 1 N–H and O–H groups in total. The first-order valence-corrected chi connectivity index (χ1v) is 5.61. The maximum Gasteiger partial charge on any atom is 0.119 e. The van der Waals surface area contributed by atoms with Gasteiger partial charge in [-0.2, -0.15) is 0 Å². The Labute approximate surface area is 93.9 Å². The zero-order valence-electron chi connectivity index (χ0n) is 8.42. The highest BCUT2D eigenvalue weighted by molar-refractivity contribution is 6.31. The number of nitrogens with zero attached hydrogens (tertiary/aromatic N) is 1. The molecule has 0 bridgehead atoms. The van der Waals surface area contributed by atoms with Crippen molar-refractivity contribution in [2.45, 2.75) is 31.5 Å². The maximum atomic E-state index is 13.8. The van der Waals surface area contributed by atoms with Gasteiger partial charge < -0.3 is 5.32 Å². The molecule has 1 saturated heterocycles. The lowest BCUT2D eigenvalue weighted by molar-refractivity contribution is 0.263. The normalized spacial score (nSPS) is 22.9. The third-order valence-corrected chi connectivity index (χ3v) is 3.15. The number of halogens is 2. The monoisotopic (exact) mass is 228 g/mol. The van der Waals surface area contributed by atoms with Crippen molar-refractivity contribution in [3.8, 4) is 0 Å². The van der Waals surface area contributed by atoms with Gasteiger partial charge in [-0.1, -0.05) is 11.6 Å². The lowest BCUT2D eigenvalue weighted by Gasteiger charge is -2.16. The minimum atomic E-state index is -0.854. The van der Waals surface area contributed by atoms with Crippen LogP contribution in [-0.2, 0) is 6.42 Å². The number of hydrogen-bond donors (Lipinski definition) is 1. The molecule has 1 aliphatic heterocycles. The van der Waals surface area contributed by atoms with E-state index in [-0.39, 0.29) is 6.04 Å². The summed E-state index contributed by atoms with van der Waals surface area (Å²) in [5.74, 6) is 0. The molecule has 1 fully saturated rings. The van der Waals surface area contributed by atoms with Crippen LogP contribution in [0, 0.1) is 0 Å². The van der Waals surface area contributed by atoms with E-state index in [0.29, 0.717) is 11.4 Å². The molecular weight excluding hydrogens is 215 g/mol. The second-order valence-corrected chi connectivity index (χ2v) is 4.30. The first-order valence-electron chi connectivity index (χ1n) is 5.23. The fourth-order valence-electron chi connectivity index (χ4n) is 1.94. The molecule has 1 aromatic heterocycles. The molecule has 15 heavy (non-hydrogen) atoms. The summed E-state index contributed by atoms with van der Waals surface area (Å²) in [4.78, 5) is 3.88. The summed E-state index contributed by atoms with van der Waals surface area (Å²) >= 11 is 5.93. The van der Waals surface area contributed by atoms with Crippen molar-refractivity contribution in [3.63, 3.8) is 0 Å². The highest BCUT2D eigenvalue weighted by Crippen LogP contribution is 2.20. The van der Waals surface area contributed by atoms with Crippen molar-refractivity contribution < 1.29 is 4.39 Å². The van der Waals surface area contributed by atoms with Gasteiger partial charge in [0.15, 0.2) is 0 Å². The average Bonchev–Trinajstić information content (AvgIpc) is 2.74. The van der Waals surface area contributed by atoms with Crippen LogP contribution in [0.15, 0.2) is 18.5 Å². The molecule has 0 radical (unpaired) electrons. The van der Waals surface area contributed by atoms with E-state index >= 15 is 0 Å². The molecule has 2 atom stereocenters. The molecule has 0 amide bonds. The number of pyridine rings is 1. The van der Waals surface area contributed by atoms with Gasteiger partial charge in [-0.3, -0.25) is 4.98 Å². The van der Waals surface area contributed by atoms with Crippen molar-refractivity contribution >= 4 is 11.6 Å². The largest absolute Gasteiger partial charge is 0.311 e. The first-order chi connectivity index (χ1) is 7.27. The zero-order chi connectivity index (χ0) is 10.7. The highest BCUT2D eigenvalue weighted by Gasteiger charge is 2.24. The summed E-state index contributed by atoms with van der Waals surface area (Å²) in [7, 11) is 0. The molecule has 0 aromatic carbocycles. The molecule has 4 heteroatoms. The fourth-order valence-corrected chi connectivity index (χ4v) is 2.14. The van der Waals surface area contributed by atoms with Crippen molar-refractivity contribution in [2.24, 2.45) is 0 Å². The third-order valence-electron chi connectivity index (χ3n) is 2.81. The smallest absolute Gasteiger partial charge is 0.119 e. The molecule has 2 heterocycles. The van der Waals surface area contributed by atoms with E-state index in [0.717, 1.165) is 24.9 Å². The average molecular weight is 229 g/mol. The van der Waals surface area contributed by atoms with Gasteiger partial charge in [-0.15, -0.1) is 0 Å². The van der Waals surface area contributed by atoms with Crippen LogP contribution in [0.25, 0.3) is 0 Å². The Balaban J connectivity index is 1.99. The van der Waals surface area contributed by atoms with Gasteiger partial charge in [0.1, 0.15) is 6.17 Å². The zero-order valence-corrected chi connectivity index (χ0v) is 9.17. The van der Waals surface area contributed by atoms with Gasteiger partial charge in [0.25, 0.3) is 0 Å². The summed E-state index contributed by atoms with van der Waals surface area (Å²) in [6.07, 6.45) is 4.71. The third kappa shape index (κ3) is 2.67. The molecule has 2 unspecified atom stereocenters. The van der Waals surface area contributed by atoms with Crippen molar-refractivity contribution in [1.29, 1.82) is 0 Å². The number of nitrogens with one attached hydrogen (secondary N) is 1. The van der Waals surface area contributed by atoms with Crippen LogP contribution in [0.5, 0.6) is 0 Å².